The predicted octanol–water partition coefficient (Wildman–Crippen LogP) is 6.02. The Hall–Kier alpha value is -2.64. The lowest BCUT2D eigenvalue weighted by atomic mass is 10.2. The second-order valence-electron chi connectivity index (χ2n) is 6.80. The molecule has 146 valence electrons. The smallest absolute Gasteiger partial charge is 0.205 e. The van der Waals surface area contributed by atoms with E-state index in [1.54, 1.807) is 18.3 Å². The molecule has 8 heteroatoms. The van der Waals surface area contributed by atoms with Gasteiger partial charge in [0.05, 0.1) is 17.5 Å². The third-order valence-electron chi connectivity index (χ3n) is 4.70. The average molecular weight is 427 g/mol. The summed E-state index contributed by atoms with van der Waals surface area (Å²) in [5.41, 5.74) is 1.39. The van der Waals surface area contributed by atoms with E-state index in [0.717, 1.165) is 23.6 Å². The molecule has 5 rings (SSSR count). The van der Waals surface area contributed by atoms with Gasteiger partial charge in [0.1, 0.15) is 5.82 Å². The fourth-order valence-corrected chi connectivity index (χ4v) is 4.10. The Kier molecular flexibility index (Phi) is 4.85. The summed E-state index contributed by atoms with van der Waals surface area (Å²) in [7, 11) is 0. The van der Waals surface area contributed by atoms with Crippen LogP contribution in [0.25, 0.3) is 22.7 Å². The number of aromatic nitrogens is 4. The van der Waals surface area contributed by atoms with Gasteiger partial charge < -0.3 is 4.42 Å². The minimum atomic E-state index is -0.293. The molecule has 2 heterocycles. The largest absolute Gasteiger partial charge is 0.440 e. The van der Waals surface area contributed by atoms with Gasteiger partial charge in [-0.3, -0.25) is 4.57 Å². The second-order valence-corrected chi connectivity index (χ2v) is 8.18. The van der Waals surface area contributed by atoms with Gasteiger partial charge in [-0.25, -0.2) is 9.37 Å². The Morgan fingerprint density at radius 2 is 1.90 bits per heavy atom. The molecule has 29 heavy (non-hydrogen) atoms. The Labute approximate surface area is 175 Å². The molecule has 2 aromatic carbocycles. The molecule has 4 aromatic rings. The van der Waals surface area contributed by atoms with Gasteiger partial charge in [-0.05, 0) is 49.2 Å². The summed E-state index contributed by atoms with van der Waals surface area (Å²) in [5.74, 6) is 2.07. The van der Waals surface area contributed by atoms with Crippen LogP contribution in [-0.2, 0) is 5.75 Å². The van der Waals surface area contributed by atoms with Crippen LogP contribution in [-0.4, -0.2) is 19.7 Å². The fourth-order valence-electron chi connectivity index (χ4n) is 3.11. The van der Waals surface area contributed by atoms with E-state index in [1.807, 2.05) is 34.9 Å². The lowest BCUT2D eigenvalue weighted by Gasteiger charge is -2.08. The van der Waals surface area contributed by atoms with E-state index in [2.05, 4.69) is 15.2 Å². The maximum atomic E-state index is 14.3. The predicted molar refractivity (Wildman–Crippen MR) is 110 cm³/mol. The summed E-state index contributed by atoms with van der Waals surface area (Å²) in [6, 6.07) is 14.4. The maximum absolute atomic E-state index is 14.3. The number of rotatable bonds is 6. The van der Waals surface area contributed by atoms with Crippen LogP contribution >= 0.6 is 23.4 Å². The van der Waals surface area contributed by atoms with Gasteiger partial charge in [0, 0.05) is 16.6 Å². The number of thioether (sulfide) groups is 1. The van der Waals surface area contributed by atoms with E-state index in [0.29, 0.717) is 39.9 Å². The highest BCUT2D eigenvalue weighted by atomic mass is 35.5. The van der Waals surface area contributed by atoms with Gasteiger partial charge in [0.15, 0.2) is 16.7 Å². The van der Waals surface area contributed by atoms with E-state index in [9.17, 15) is 4.39 Å². The maximum Gasteiger partial charge on any atom is 0.205 e. The topological polar surface area (TPSA) is 56.7 Å². The van der Waals surface area contributed by atoms with Crippen LogP contribution in [0, 0.1) is 5.82 Å². The van der Waals surface area contributed by atoms with E-state index < -0.39 is 0 Å². The van der Waals surface area contributed by atoms with Crippen LogP contribution in [0.4, 0.5) is 4.39 Å². The molecular weight excluding hydrogens is 411 g/mol. The molecule has 0 unspecified atom stereocenters. The zero-order valence-corrected chi connectivity index (χ0v) is 16.8. The van der Waals surface area contributed by atoms with Crippen LogP contribution in [0.5, 0.6) is 0 Å². The molecule has 0 aliphatic heterocycles. The van der Waals surface area contributed by atoms with Gasteiger partial charge in [0.2, 0.25) is 5.89 Å². The zero-order valence-electron chi connectivity index (χ0n) is 15.3. The van der Waals surface area contributed by atoms with Crippen LogP contribution in [0.1, 0.15) is 24.8 Å². The Morgan fingerprint density at radius 3 is 2.66 bits per heavy atom. The average Bonchev–Trinajstić information content (AvgIpc) is 3.31. The lowest BCUT2D eigenvalue weighted by molar-refractivity contribution is 0.529. The molecule has 5 nitrogen and oxygen atoms in total. The molecule has 0 spiro atoms. The first kappa shape index (κ1) is 18.4. The van der Waals surface area contributed by atoms with Crippen LogP contribution in [0.15, 0.2) is 64.3 Å². The van der Waals surface area contributed by atoms with E-state index >= 15 is 0 Å². The molecule has 0 bridgehead atoms. The molecule has 1 aliphatic carbocycles. The summed E-state index contributed by atoms with van der Waals surface area (Å²) >= 11 is 7.43. The Bertz CT molecular complexity index is 1150. The minimum Gasteiger partial charge on any atom is -0.440 e. The molecule has 0 atom stereocenters. The number of nitrogens with zero attached hydrogens (tertiary/aromatic N) is 4. The Balaban J connectivity index is 1.37. The summed E-state index contributed by atoms with van der Waals surface area (Å²) in [6.07, 6.45) is 3.80. The number of hydrogen-bond acceptors (Lipinski definition) is 5. The summed E-state index contributed by atoms with van der Waals surface area (Å²) in [6.45, 7) is 0. The summed E-state index contributed by atoms with van der Waals surface area (Å²) in [5, 5.41) is 10.0. The number of hydrogen-bond donors (Lipinski definition) is 0. The highest BCUT2D eigenvalue weighted by molar-refractivity contribution is 7.98. The lowest BCUT2D eigenvalue weighted by Crippen LogP contribution is -2.01. The van der Waals surface area contributed by atoms with Gasteiger partial charge in [0.25, 0.3) is 0 Å². The van der Waals surface area contributed by atoms with Gasteiger partial charge in [-0.1, -0.05) is 35.5 Å². The third kappa shape index (κ3) is 3.80. The quantitative estimate of drug-likeness (QED) is 0.353. The molecule has 0 radical (unpaired) electrons. The first-order valence-electron chi connectivity index (χ1n) is 9.22. The SMILES string of the molecule is Fc1ccccc1-c1nnc(SCc2ncc(-c3ccc(Cl)cc3)o2)n1C1CC1. The van der Waals surface area contributed by atoms with Crippen LogP contribution in [0.2, 0.25) is 5.02 Å². The standard InChI is InChI=1S/C21H16ClFN4OS/c22-14-7-5-13(6-8-14)18-11-24-19(28-18)12-29-21-26-25-20(27(21)15-9-10-15)16-3-1-2-4-17(16)23/h1-8,11,15H,9-10,12H2. The van der Waals surface area contributed by atoms with Crippen molar-refractivity contribution in [3.8, 4) is 22.7 Å². The first-order chi connectivity index (χ1) is 14.2. The summed E-state index contributed by atoms with van der Waals surface area (Å²) in [4.78, 5) is 4.36. The molecule has 1 saturated carbocycles. The van der Waals surface area contributed by atoms with Crippen molar-refractivity contribution in [1.82, 2.24) is 19.7 Å². The summed E-state index contributed by atoms with van der Waals surface area (Å²) < 4.78 is 22.2. The zero-order chi connectivity index (χ0) is 19.8. The second kappa shape index (κ2) is 7.65. The van der Waals surface area contributed by atoms with E-state index in [-0.39, 0.29) is 5.82 Å². The van der Waals surface area contributed by atoms with E-state index in [1.165, 1.54) is 17.8 Å². The van der Waals surface area contributed by atoms with Gasteiger partial charge >= 0.3 is 0 Å². The highest BCUT2D eigenvalue weighted by Gasteiger charge is 2.31. The fraction of sp³-hybridized carbons (Fsp3) is 0.190. The normalized spacial score (nSPS) is 13.7. The van der Waals surface area contributed by atoms with Crippen molar-refractivity contribution in [3.05, 3.63) is 71.5 Å². The molecule has 0 N–H and O–H groups in total. The van der Waals surface area contributed by atoms with Crippen molar-refractivity contribution in [2.24, 2.45) is 0 Å². The molecule has 1 fully saturated rings. The van der Waals surface area contributed by atoms with Crippen LogP contribution < -0.4 is 0 Å². The Morgan fingerprint density at radius 1 is 1.10 bits per heavy atom. The monoisotopic (exact) mass is 426 g/mol. The molecule has 2 aromatic heterocycles. The van der Waals surface area contributed by atoms with Gasteiger partial charge in [-0.2, -0.15) is 0 Å². The minimum absolute atomic E-state index is 0.293. The van der Waals surface area contributed by atoms with Crippen molar-refractivity contribution in [1.29, 1.82) is 0 Å². The third-order valence-corrected chi connectivity index (χ3v) is 5.88. The number of halogens is 2. The molecule has 0 saturated heterocycles. The number of oxazole rings is 1. The molecule has 0 amide bonds. The van der Waals surface area contributed by atoms with Crippen molar-refractivity contribution in [2.45, 2.75) is 29.8 Å². The van der Waals surface area contributed by atoms with Gasteiger partial charge in [-0.15, -0.1) is 10.2 Å². The van der Waals surface area contributed by atoms with Crippen molar-refractivity contribution < 1.29 is 8.81 Å². The molecular formula is C21H16ClFN4OS. The number of benzene rings is 2. The van der Waals surface area contributed by atoms with Crippen LogP contribution in [0.3, 0.4) is 0 Å². The van der Waals surface area contributed by atoms with Crippen molar-refractivity contribution in [3.63, 3.8) is 0 Å². The highest BCUT2D eigenvalue weighted by Crippen LogP contribution is 2.42. The first-order valence-corrected chi connectivity index (χ1v) is 10.6. The van der Waals surface area contributed by atoms with E-state index in [4.69, 9.17) is 16.0 Å². The van der Waals surface area contributed by atoms with Crippen molar-refractivity contribution >= 4 is 23.4 Å². The van der Waals surface area contributed by atoms with Crippen molar-refractivity contribution in [2.75, 3.05) is 0 Å². The molecule has 1 aliphatic rings.